The molecule has 72 valence electrons. The van der Waals surface area contributed by atoms with Crippen LogP contribution in [0.5, 0.6) is 5.75 Å². The van der Waals surface area contributed by atoms with Crippen LogP contribution in [0.25, 0.3) is 5.57 Å². The van der Waals surface area contributed by atoms with Crippen molar-refractivity contribution in [2.24, 2.45) is 0 Å². The van der Waals surface area contributed by atoms with Gasteiger partial charge in [0.05, 0.1) is 12.2 Å². The van der Waals surface area contributed by atoms with E-state index in [2.05, 4.69) is 0 Å². The Morgan fingerprint density at radius 3 is 2.93 bits per heavy atom. The van der Waals surface area contributed by atoms with E-state index < -0.39 is 5.97 Å². The van der Waals surface area contributed by atoms with Gasteiger partial charge in [0.1, 0.15) is 5.75 Å². The monoisotopic (exact) mass is 190 g/mol. The molecule has 1 aliphatic heterocycles. The molecule has 0 saturated heterocycles. The molecule has 14 heavy (non-hydrogen) atoms. The molecule has 0 amide bonds. The fourth-order valence-corrected chi connectivity index (χ4v) is 1.50. The molecule has 0 aromatic heterocycles. The number of hydrogen-bond acceptors (Lipinski definition) is 2. The number of rotatable bonds is 1. The molecule has 0 aliphatic carbocycles. The molecule has 1 N–H and O–H groups in total. The van der Waals surface area contributed by atoms with Crippen molar-refractivity contribution in [3.05, 3.63) is 35.9 Å². The minimum Gasteiger partial charge on any atom is -0.493 e. The van der Waals surface area contributed by atoms with E-state index in [-0.39, 0.29) is 0 Å². The van der Waals surface area contributed by atoms with Crippen LogP contribution in [0.1, 0.15) is 12.0 Å². The molecular weight excluding hydrogens is 180 g/mol. The summed E-state index contributed by atoms with van der Waals surface area (Å²) in [6.07, 6.45) is 2.34. The molecule has 0 atom stereocenters. The van der Waals surface area contributed by atoms with Gasteiger partial charge in [-0.25, -0.2) is 4.79 Å². The number of aliphatic carboxylic acids is 1. The predicted molar refractivity (Wildman–Crippen MR) is 52.2 cm³/mol. The largest absolute Gasteiger partial charge is 0.493 e. The van der Waals surface area contributed by atoms with Gasteiger partial charge in [-0.2, -0.15) is 0 Å². The molecule has 1 aromatic rings. The van der Waals surface area contributed by atoms with Crippen molar-refractivity contribution in [3.63, 3.8) is 0 Å². The van der Waals surface area contributed by atoms with E-state index in [1.165, 1.54) is 0 Å². The molecule has 0 fully saturated rings. The van der Waals surface area contributed by atoms with Crippen molar-refractivity contribution < 1.29 is 14.6 Å². The Morgan fingerprint density at radius 2 is 2.14 bits per heavy atom. The highest BCUT2D eigenvalue weighted by molar-refractivity contribution is 6.16. The summed E-state index contributed by atoms with van der Waals surface area (Å²) < 4.78 is 5.41. The van der Waals surface area contributed by atoms with Gasteiger partial charge in [0.2, 0.25) is 0 Å². The second kappa shape index (κ2) is 3.54. The SMILES string of the molecule is O=C(O)C1=CCCOc2ccccc21. The highest BCUT2D eigenvalue weighted by Crippen LogP contribution is 2.28. The number of fused-ring (bicyclic) bond motifs is 1. The van der Waals surface area contributed by atoms with E-state index in [1.807, 2.05) is 12.1 Å². The Labute approximate surface area is 81.6 Å². The number of carbonyl (C=O) groups is 1. The second-order valence-electron chi connectivity index (χ2n) is 3.06. The van der Waals surface area contributed by atoms with Crippen molar-refractivity contribution >= 4 is 11.5 Å². The maximum absolute atomic E-state index is 10.9. The lowest BCUT2D eigenvalue weighted by atomic mass is 10.0. The van der Waals surface area contributed by atoms with Crippen LogP contribution in [-0.4, -0.2) is 17.7 Å². The highest BCUT2D eigenvalue weighted by atomic mass is 16.5. The number of benzene rings is 1. The van der Waals surface area contributed by atoms with Crippen LogP contribution in [0.3, 0.4) is 0 Å². The zero-order valence-electron chi connectivity index (χ0n) is 7.56. The average Bonchev–Trinajstić information content (AvgIpc) is 2.39. The van der Waals surface area contributed by atoms with E-state index in [0.717, 1.165) is 0 Å². The lowest BCUT2D eigenvalue weighted by molar-refractivity contribution is -0.130. The third kappa shape index (κ3) is 1.48. The first-order valence-electron chi connectivity index (χ1n) is 4.44. The minimum absolute atomic E-state index is 0.332. The Balaban J connectivity index is 2.53. The van der Waals surface area contributed by atoms with Gasteiger partial charge in [-0.15, -0.1) is 0 Å². The van der Waals surface area contributed by atoms with Crippen LogP contribution in [-0.2, 0) is 4.79 Å². The molecule has 0 bridgehead atoms. The van der Waals surface area contributed by atoms with E-state index in [9.17, 15) is 4.79 Å². The second-order valence-corrected chi connectivity index (χ2v) is 3.06. The van der Waals surface area contributed by atoms with Crippen LogP contribution in [0.2, 0.25) is 0 Å². The summed E-state index contributed by atoms with van der Waals surface area (Å²) >= 11 is 0. The average molecular weight is 190 g/mol. The first kappa shape index (κ1) is 8.81. The van der Waals surface area contributed by atoms with Crippen LogP contribution >= 0.6 is 0 Å². The van der Waals surface area contributed by atoms with Crippen LogP contribution in [0.15, 0.2) is 30.3 Å². The highest BCUT2D eigenvalue weighted by Gasteiger charge is 2.16. The van der Waals surface area contributed by atoms with Gasteiger partial charge in [0.15, 0.2) is 0 Å². The van der Waals surface area contributed by atoms with Gasteiger partial charge >= 0.3 is 5.97 Å². The zero-order valence-corrected chi connectivity index (χ0v) is 7.56. The molecule has 3 heteroatoms. The molecule has 1 heterocycles. The fourth-order valence-electron chi connectivity index (χ4n) is 1.50. The summed E-state index contributed by atoms with van der Waals surface area (Å²) in [5, 5.41) is 8.99. The van der Waals surface area contributed by atoms with Gasteiger partial charge in [0.25, 0.3) is 0 Å². The lowest BCUT2D eigenvalue weighted by Crippen LogP contribution is -1.99. The first-order valence-corrected chi connectivity index (χ1v) is 4.44. The van der Waals surface area contributed by atoms with Crippen LogP contribution < -0.4 is 4.74 Å². The molecule has 0 saturated carbocycles. The topological polar surface area (TPSA) is 46.5 Å². The minimum atomic E-state index is -0.900. The van der Waals surface area contributed by atoms with Crippen molar-refractivity contribution in [2.75, 3.05) is 6.61 Å². The molecule has 2 rings (SSSR count). The van der Waals surface area contributed by atoms with Crippen LogP contribution in [0, 0.1) is 0 Å². The Morgan fingerprint density at radius 1 is 1.36 bits per heavy atom. The number of para-hydroxylation sites is 1. The summed E-state index contributed by atoms with van der Waals surface area (Å²) in [6.45, 7) is 0.536. The first-order chi connectivity index (χ1) is 6.79. The Bertz CT molecular complexity index is 393. The molecule has 0 radical (unpaired) electrons. The van der Waals surface area contributed by atoms with E-state index in [4.69, 9.17) is 9.84 Å². The molecule has 1 aliphatic rings. The molecule has 0 spiro atoms. The molecule has 0 unspecified atom stereocenters. The number of ether oxygens (including phenoxy) is 1. The van der Waals surface area contributed by atoms with Gasteiger partial charge in [0, 0.05) is 12.0 Å². The number of carboxylic acids is 1. The van der Waals surface area contributed by atoms with E-state index in [0.29, 0.717) is 29.9 Å². The molecule has 1 aromatic carbocycles. The van der Waals surface area contributed by atoms with Crippen molar-refractivity contribution in [1.29, 1.82) is 0 Å². The van der Waals surface area contributed by atoms with Crippen molar-refractivity contribution in [2.45, 2.75) is 6.42 Å². The smallest absolute Gasteiger partial charge is 0.336 e. The predicted octanol–water partition coefficient (Wildman–Crippen LogP) is 1.94. The maximum atomic E-state index is 10.9. The number of hydrogen-bond donors (Lipinski definition) is 1. The Hall–Kier alpha value is -1.77. The Kier molecular flexibility index (Phi) is 2.23. The summed E-state index contributed by atoms with van der Waals surface area (Å²) in [7, 11) is 0. The number of carboxylic acid groups (broad SMARTS) is 1. The summed E-state index contributed by atoms with van der Waals surface area (Å²) in [5.74, 6) is -0.249. The normalized spacial score (nSPS) is 14.7. The standard InChI is InChI=1S/C11H10O3/c12-11(13)9-5-3-7-14-10-6-2-1-4-8(9)10/h1-2,4-6H,3,7H2,(H,12,13). The van der Waals surface area contributed by atoms with Gasteiger partial charge in [-0.1, -0.05) is 24.3 Å². The maximum Gasteiger partial charge on any atom is 0.336 e. The van der Waals surface area contributed by atoms with Gasteiger partial charge < -0.3 is 9.84 Å². The van der Waals surface area contributed by atoms with Crippen molar-refractivity contribution in [1.82, 2.24) is 0 Å². The third-order valence-corrected chi connectivity index (χ3v) is 2.13. The molecular formula is C11H10O3. The van der Waals surface area contributed by atoms with Crippen molar-refractivity contribution in [3.8, 4) is 5.75 Å². The molecule has 3 nitrogen and oxygen atoms in total. The van der Waals surface area contributed by atoms with Gasteiger partial charge in [-0.05, 0) is 6.07 Å². The fraction of sp³-hybridized carbons (Fsp3) is 0.182. The third-order valence-electron chi connectivity index (χ3n) is 2.13. The van der Waals surface area contributed by atoms with E-state index >= 15 is 0 Å². The summed E-state index contributed by atoms with van der Waals surface area (Å²) in [5.41, 5.74) is 0.996. The summed E-state index contributed by atoms with van der Waals surface area (Å²) in [4.78, 5) is 10.9. The lowest BCUT2D eigenvalue weighted by Gasteiger charge is -2.06. The van der Waals surface area contributed by atoms with Crippen LogP contribution in [0.4, 0.5) is 0 Å². The van der Waals surface area contributed by atoms with E-state index in [1.54, 1.807) is 18.2 Å². The summed E-state index contributed by atoms with van der Waals surface area (Å²) in [6, 6.07) is 7.20. The zero-order chi connectivity index (χ0) is 9.97. The van der Waals surface area contributed by atoms with Gasteiger partial charge in [-0.3, -0.25) is 0 Å². The quantitative estimate of drug-likeness (QED) is 0.736.